The van der Waals surface area contributed by atoms with E-state index in [-0.39, 0.29) is 24.1 Å². The Balaban J connectivity index is 1.68. The van der Waals surface area contributed by atoms with E-state index in [1.165, 1.54) is 29.2 Å². The molecule has 1 aromatic heterocycles. The fourth-order valence-electron chi connectivity index (χ4n) is 3.22. The average molecular weight is 389 g/mol. The lowest BCUT2D eigenvalue weighted by Crippen LogP contribution is -2.37. The van der Waals surface area contributed by atoms with Gasteiger partial charge in [-0.3, -0.25) is 4.79 Å². The highest BCUT2D eigenvalue weighted by atomic mass is 19.1. The van der Waals surface area contributed by atoms with E-state index in [4.69, 9.17) is 13.9 Å². The van der Waals surface area contributed by atoms with Gasteiger partial charge in [0.1, 0.15) is 35.6 Å². The molecule has 1 atom stereocenters. The highest BCUT2D eigenvalue weighted by Crippen LogP contribution is 2.28. The normalized spacial score (nSPS) is 16.2. The van der Waals surface area contributed by atoms with E-state index in [9.17, 15) is 14.0 Å². The van der Waals surface area contributed by atoms with Crippen molar-refractivity contribution in [2.45, 2.75) is 32.8 Å². The van der Waals surface area contributed by atoms with Crippen LogP contribution in [0.2, 0.25) is 0 Å². The average Bonchev–Trinajstić information content (AvgIpc) is 3.21. The van der Waals surface area contributed by atoms with E-state index >= 15 is 0 Å². The van der Waals surface area contributed by atoms with Crippen molar-refractivity contribution in [2.75, 3.05) is 26.3 Å². The lowest BCUT2D eigenvalue weighted by atomic mass is 10.1. The Morgan fingerprint density at radius 1 is 1.32 bits per heavy atom. The Bertz CT molecular complexity index is 871. The molecule has 1 aliphatic heterocycles. The van der Waals surface area contributed by atoms with E-state index in [0.717, 1.165) is 12.8 Å². The summed E-state index contributed by atoms with van der Waals surface area (Å²) >= 11 is 0. The van der Waals surface area contributed by atoms with Gasteiger partial charge in [-0.2, -0.15) is 0 Å². The molecular weight excluding hydrogens is 365 g/mol. The summed E-state index contributed by atoms with van der Waals surface area (Å²) in [5.41, 5.74) is -0.0385. The molecule has 28 heavy (non-hydrogen) atoms. The highest BCUT2D eigenvalue weighted by Gasteiger charge is 2.26. The van der Waals surface area contributed by atoms with Gasteiger partial charge in [0, 0.05) is 13.2 Å². The van der Waals surface area contributed by atoms with Crippen LogP contribution in [-0.4, -0.2) is 37.1 Å². The van der Waals surface area contributed by atoms with Gasteiger partial charge in [-0.15, -0.1) is 0 Å². The molecule has 3 rings (SSSR count). The predicted molar refractivity (Wildman–Crippen MR) is 101 cm³/mol. The molecule has 1 aliphatic rings. The maximum absolute atomic E-state index is 12.9. The lowest BCUT2D eigenvalue weighted by molar-refractivity contribution is 0.0725. The molecule has 0 aliphatic carbocycles. The van der Waals surface area contributed by atoms with Gasteiger partial charge >= 0.3 is 5.63 Å². The number of halogens is 1. The summed E-state index contributed by atoms with van der Waals surface area (Å²) in [5, 5.41) is 0. The number of hydrogen-bond acceptors (Lipinski definition) is 5. The van der Waals surface area contributed by atoms with Crippen LogP contribution in [-0.2, 0) is 4.74 Å². The molecule has 2 aromatic rings. The molecule has 1 saturated heterocycles. The Morgan fingerprint density at radius 2 is 2.07 bits per heavy atom. The van der Waals surface area contributed by atoms with Crippen LogP contribution in [0.15, 0.2) is 39.5 Å². The molecular formula is C21H24FNO5. The van der Waals surface area contributed by atoms with Gasteiger partial charge in [0.15, 0.2) is 0 Å². The van der Waals surface area contributed by atoms with Gasteiger partial charge in [0.2, 0.25) is 0 Å². The van der Waals surface area contributed by atoms with Gasteiger partial charge in [-0.1, -0.05) is 0 Å². The Labute approximate surface area is 162 Å². The summed E-state index contributed by atoms with van der Waals surface area (Å²) in [6, 6.07) is 7.38. The third-order valence-corrected chi connectivity index (χ3v) is 4.74. The Morgan fingerprint density at radius 3 is 2.68 bits per heavy atom. The van der Waals surface area contributed by atoms with Crippen LogP contribution in [0.1, 0.15) is 47.6 Å². The summed E-state index contributed by atoms with van der Waals surface area (Å²) in [5.74, 6) is 0.252. The predicted octanol–water partition coefficient (Wildman–Crippen LogP) is 3.48. The zero-order valence-corrected chi connectivity index (χ0v) is 16.1. The van der Waals surface area contributed by atoms with Crippen LogP contribution in [0, 0.1) is 12.7 Å². The number of aryl methyl sites for hydroxylation is 1. The van der Waals surface area contributed by atoms with Crippen molar-refractivity contribution in [3.63, 3.8) is 0 Å². The Kier molecular flexibility index (Phi) is 6.46. The van der Waals surface area contributed by atoms with Crippen LogP contribution in [0.5, 0.6) is 5.75 Å². The van der Waals surface area contributed by atoms with E-state index in [2.05, 4.69) is 0 Å². The number of carbonyl (C=O) groups is 1. The summed E-state index contributed by atoms with van der Waals surface area (Å²) < 4.78 is 29.4. The first-order chi connectivity index (χ1) is 13.5. The summed E-state index contributed by atoms with van der Waals surface area (Å²) in [6.45, 7) is 5.13. The molecule has 0 spiro atoms. The number of likely N-dealkylation sites (N-methyl/N-ethyl adjacent to an activating group) is 1. The first kappa shape index (κ1) is 20.1. The van der Waals surface area contributed by atoms with Crippen molar-refractivity contribution in [3.05, 3.63) is 63.5 Å². The number of hydrogen-bond donors (Lipinski definition) is 0. The van der Waals surface area contributed by atoms with Crippen molar-refractivity contribution in [1.29, 1.82) is 0 Å². The molecule has 0 N–H and O–H groups in total. The van der Waals surface area contributed by atoms with Gasteiger partial charge < -0.3 is 18.8 Å². The SMILES string of the molecule is CCN(CCOc1ccc(F)cc1)C(=O)c1c(C)cc(C2CCCO2)oc1=O. The summed E-state index contributed by atoms with van der Waals surface area (Å²) in [4.78, 5) is 26.9. The number of benzene rings is 1. The second-order valence-corrected chi connectivity index (χ2v) is 6.68. The third kappa shape index (κ3) is 4.59. The van der Waals surface area contributed by atoms with Crippen molar-refractivity contribution in [2.24, 2.45) is 0 Å². The van der Waals surface area contributed by atoms with Crippen LogP contribution in [0.3, 0.4) is 0 Å². The maximum Gasteiger partial charge on any atom is 0.349 e. The molecule has 1 amide bonds. The number of amides is 1. The highest BCUT2D eigenvalue weighted by molar-refractivity contribution is 5.95. The maximum atomic E-state index is 12.9. The first-order valence-electron chi connectivity index (χ1n) is 9.43. The Hall–Kier alpha value is -2.67. The molecule has 1 aromatic carbocycles. The standard InChI is InChI=1S/C21H24FNO5/c1-3-23(10-12-26-16-8-6-15(22)7-9-16)20(24)19-14(2)13-18(28-21(19)25)17-5-4-11-27-17/h6-9,13,17H,3-5,10-12H2,1-2H3. The van der Waals surface area contributed by atoms with Gasteiger partial charge in [-0.25, -0.2) is 9.18 Å². The lowest BCUT2D eigenvalue weighted by Gasteiger charge is -2.21. The molecule has 0 saturated carbocycles. The van der Waals surface area contributed by atoms with E-state index < -0.39 is 11.5 Å². The minimum Gasteiger partial charge on any atom is -0.492 e. The molecule has 150 valence electrons. The third-order valence-electron chi connectivity index (χ3n) is 4.74. The van der Waals surface area contributed by atoms with E-state index in [1.54, 1.807) is 13.0 Å². The number of ether oxygens (including phenoxy) is 2. The van der Waals surface area contributed by atoms with E-state index in [1.807, 2.05) is 6.92 Å². The van der Waals surface area contributed by atoms with Crippen LogP contribution in [0.4, 0.5) is 4.39 Å². The van der Waals surface area contributed by atoms with Crippen LogP contribution < -0.4 is 10.4 Å². The number of carbonyl (C=O) groups excluding carboxylic acids is 1. The van der Waals surface area contributed by atoms with Crippen molar-refractivity contribution >= 4 is 5.91 Å². The molecule has 1 unspecified atom stereocenters. The van der Waals surface area contributed by atoms with E-state index in [0.29, 0.717) is 36.8 Å². The zero-order valence-electron chi connectivity index (χ0n) is 16.1. The quantitative estimate of drug-likeness (QED) is 0.725. The molecule has 6 nitrogen and oxygen atoms in total. The number of rotatable bonds is 7. The van der Waals surface area contributed by atoms with Gasteiger partial charge in [0.25, 0.3) is 5.91 Å². The zero-order chi connectivity index (χ0) is 20.1. The van der Waals surface area contributed by atoms with Crippen molar-refractivity contribution < 1.29 is 23.1 Å². The monoisotopic (exact) mass is 389 g/mol. The minimum absolute atomic E-state index is 0.0328. The second-order valence-electron chi connectivity index (χ2n) is 6.68. The molecule has 0 bridgehead atoms. The number of nitrogens with zero attached hydrogens (tertiary/aromatic N) is 1. The van der Waals surface area contributed by atoms with Crippen LogP contribution >= 0.6 is 0 Å². The molecule has 2 heterocycles. The second kappa shape index (κ2) is 9.01. The van der Waals surface area contributed by atoms with Crippen molar-refractivity contribution in [1.82, 2.24) is 4.90 Å². The van der Waals surface area contributed by atoms with Crippen molar-refractivity contribution in [3.8, 4) is 5.75 Å². The van der Waals surface area contributed by atoms with Gasteiger partial charge in [-0.05, 0) is 62.6 Å². The largest absolute Gasteiger partial charge is 0.492 e. The minimum atomic E-state index is -0.645. The van der Waals surface area contributed by atoms with Crippen LogP contribution in [0.25, 0.3) is 0 Å². The smallest absolute Gasteiger partial charge is 0.349 e. The topological polar surface area (TPSA) is 69.0 Å². The summed E-state index contributed by atoms with van der Waals surface area (Å²) in [7, 11) is 0. The fourth-order valence-corrected chi connectivity index (χ4v) is 3.22. The molecule has 1 fully saturated rings. The molecule has 7 heteroatoms. The first-order valence-corrected chi connectivity index (χ1v) is 9.43. The molecule has 0 radical (unpaired) electrons. The summed E-state index contributed by atoms with van der Waals surface area (Å²) in [6.07, 6.45) is 1.51. The fraction of sp³-hybridized carbons (Fsp3) is 0.429. The van der Waals surface area contributed by atoms with Gasteiger partial charge in [0.05, 0.1) is 6.54 Å².